The third kappa shape index (κ3) is 0.780. The Morgan fingerprint density at radius 1 is 1.70 bits per heavy atom. The summed E-state index contributed by atoms with van der Waals surface area (Å²) in [5.41, 5.74) is 0. The fourth-order valence-electron chi connectivity index (χ4n) is 1.47. The van der Waals surface area contributed by atoms with E-state index in [-0.39, 0.29) is 33.9 Å². The molecule has 0 radical (unpaired) electrons. The van der Waals surface area contributed by atoms with Crippen molar-refractivity contribution in [1.29, 1.82) is 0 Å². The molecule has 1 saturated heterocycles. The van der Waals surface area contributed by atoms with Crippen molar-refractivity contribution in [2.24, 2.45) is 5.92 Å². The summed E-state index contributed by atoms with van der Waals surface area (Å²) in [6.07, 6.45) is -0.293. The van der Waals surface area contributed by atoms with Crippen LogP contribution < -0.4 is 5.32 Å². The molecule has 0 aromatic rings. The molecule has 0 aromatic heterocycles. The van der Waals surface area contributed by atoms with Crippen LogP contribution in [0.3, 0.4) is 0 Å². The lowest BCUT2D eigenvalue weighted by Crippen LogP contribution is -2.38. The first-order valence-electron chi connectivity index (χ1n) is 3.71. The van der Waals surface area contributed by atoms with Gasteiger partial charge < -0.3 is 5.32 Å². The molecule has 1 N–H and O–H groups in total. The normalized spacial score (nSPS) is 60.4. The molecule has 1 unspecified atom stereocenters. The van der Waals surface area contributed by atoms with Crippen LogP contribution in [0.1, 0.15) is 7.77 Å². The highest BCUT2D eigenvalue weighted by atomic mass is 79.9. The number of carbonyl (C=O) groups is 1. The zero-order valence-electron chi connectivity index (χ0n) is 6.05. The van der Waals surface area contributed by atoms with Crippen molar-refractivity contribution in [2.45, 2.75) is 22.1 Å². The van der Waals surface area contributed by atoms with Gasteiger partial charge in [0.1, 0.15) is 0 Å². The van der Waals surface area contributed by atoms with Crippen LogP contribution in [0.4, 0.5) is 0 Å². The van der Waals surface area contributed by atoms with Gasteiger partial charge in [-0.25, -0.2) is 0 Å². The van der Waals surface area contributed by atoms with Crippen LogP contribution in [-0.4, -0.2) is 21.6 Å². The topological polar surface area (TPSA) is 29.1 Å². The zero-order valence-corrected chi connectivity index (χ0v) is 8.22. The predicted molar refractivity (Wildman–Crippen MR) is 45.5 cm³/mol. The number of hydrogen-bond donors (Lipinski definition) is 1. The van der Waals surface area contributed by atoms with Crippen LogP contribution in [0, 0.1) is 5.92 Å². The molecule has 0 spiro atoms. The van der Waals surface area contributed by atoms with Crippen LogP contribution in [0.2, 0.25) is 0 Å². The summed E-state index contributed by atoms with van der Waals surface area (Å²) in [6.45, 7) is 0. The highest BCUT2D eigenvalue weighted by molar-refractivity contribution is 9.10. The number of fused-ring (bicyclic) bond motifs is 2. The maximum absolute atomic E-state index is 11.1. The second-order valence-electron chi connectivity index (χ2n) is 2.64. The summed E-state index contributed by atoms with van der Waals surface area (Å²) in [7, 11) is 0. The molecule has 2 aliphatic rings. The summed E-state index contributed by atoms with van der Waals surface area (Å²) < 4.78 is 7.65. The molecular formula is C6H7Br2NO. The fraction of sp³-hybridized carbons (Fsp3) is 0.833. The Hall–Kier alpha value is 0.430. The second kappa shape index (κ2) is 2.21. The third-order valence-electron chi connectivity index (χ3n) is 2.03. The monoisotopic (exact) mass is 269 g/mol. The van der Waals surface area contributed by atoms with Crippen molar-refractivity contribution in [3.05, 3.63) is 0 Å². The van der Waals surface area contributed by atoms with Crippen molar-refractivity contribution >= 4 is 37.8 Å². The fourth-order valence-corrected chi connectivity index (χ4v) is 3.55. The van der Waals surface area contributed by atoms with Crippen LogP contribution in [-0.2, 0) is 4.79 Å². The first-order chi connectivity index (χ1) is 5.13. The molecule has 1 amide bonds. The van der Waals surface area contributed by atoms with E-state index in [4.69, 9.17) is 1.37 Å². The first kappa shape index (κ1) is 6.00. The van der Waals surface area contributed by atoms with E-state index in [1.54, 1.807) is 0 Å². The highest BCUT2D eigenvalue weighted by Gasteiger charge is 2.50. The Labute approximate surface area is 77.4 Å². The van der Waals surface area contributed by atoms with Gasteiger partial charge in [-0.05, 0) is 6.40 Å². The van der Waals surface area contributed by atoms with E-state index < -0.39 is 0 Å². The van der Waals surface area contributed by atoms with Crippen molar-refractivity contribution in [1.82, 2.24) is 5.32 Å². The Morgan fingerprint density at radius 2 is 2.40 bits per heavy atom. The number of piperidine rings is 1. The summed E-state index contributed by atoms with van der Waals surface area (Å²) in [5, 5.41) is 2.83. The van der Waals surface area contributed by atoms with E-state index in [2.05, 4.69) is 37.2 Å². The van der Waals surface area contributed by atoms with Gasteiger partial charge in [0, 0.05) is 11.0 Å². The summed E-state index contributed by atoms with van der Waals surface area (Å²) >= 11 is 6.82. The molecule has 2 bridgehead atoms. The molecular weight excluding hydrogens is 262 g/mol. The highest BCUT2D eigenvalue weighted by Crippen LogP contribution is 2.40. The summed E-state index contributed by atoms with van der Waals surface area (Å²) in [5.74, 6) is -0.142. The Morgan fingerprint density at radius 3 is 2.80 bits per heavy atom. The molecule has 1 aliphatic heterocycles. The van der Waals surface area contributed by atoms with Gasteiger partial charge in [-0.3, -0.25) is 4.79 Å². The molecule has 2 fully saturated rings. The SMILES string of the molecule is [3H]C1[C@H](Br)[C@H]2NC(=O)[C@@H]1[C@H]2Br. The van der Waals surface area contributed by atoms with Crippen LogP contribution in [0.5, 0.6) is 0 Å². The number of hydrogen-bond acceptors (Lipinski definition) is 1. The number of halogens is 2. The van der Waals surface area contributed by atoms with Crippen LogP contribution in [0.25, 0.3) is 0 Å². The van der Waals surface area contributed by atoms with Crippen molar-refractivity contribution < 1.29 is 6.17 Å². The van der Waals surface area contributed by atoms with Gasteiger partial charge in [-0.1, -0.05) is 31.9 Å². The molecule has 1 heterocycles. The first-order valence-corrected chi connectivity index (χ1v) is 4.97. The summed E-state index contributed by atoms with van der Waals surface area (Å²) in [4.78, 5) is 11.4. The average Bonchev–Trinajstić information content (AvgIpc) is 2.31. The van der Waals surface area contributed by atoms with E-state index in [0.717, 1.165) is 0 Å². The predicted octanol–water partition coefficient (Wildman–Crippen LogP) is 1.03. The lowest BCUT2D eigenvalue weighted by Gasteiger charge is -2.15. The van der Waals surface area contributed by atoms with Gasteiger partial charge in [-0.2, -0.15) is 0 Å². The zero-order chi connectivity index (χ0) is 8.17. The number of alkyl halides is 2. The van der Waals surface area contributed by atoms with E-state index in [1.807, 2.05) is 0 Å². The number of nitrogens with one attached hydrogen (secondary N) is 1. The lowest BCUT2D eigenvalue weighted by molar-refractivity contribution is -0.123. The van der Waals surface area contributed by atoms with Gasteiger partial charge in [0.15, 0.2) is 0 Å². The van der Waals surface area contributed by atoms with Crippen molar-refractivity contribution in [2.75, 3.05) is 0 Å². The maximum Gasteiger partial charge on any atom is 0.224 e. The molecule has 1 aliphatic carbocycles. The molecule has 2 rings (SSSR count). The van der Waals surface area contributed by atoms with Gasteiger partial charge in [0.05, 0.1) is 12.0 Å². The number of carbonyl (C=O) groups excluding carboxylic acids is 1. The van der Waals surface area contributed by atoms with E-state index in [1.165, 1.54) is 0 Å². The van der Waals surface area contributed by atoms with E-state index in [9.17, 15) is 4.79 Å². The molecule has 2 nitrogen and oxygen atoms in total. The van der Waals surface area contributed by atoms with Crippen molar-refractivity contribution in [3.8, 4) is 0 Å². The third-order valence-corrected chi connectivity index (χ3v) is 4.05. The van der Waals surface area contributed by atoms with Gasteiger partial charge in [-0.15, -0.1) is 0 Å². The van der Waals surface area contributed by atoms with Crippen LogP contribution in [0.15, 0.2) is 0 Å². The average molecular weight is 271 g/mol. The minimum absolute atomic E-state index is 0.0209. The van der Waals surface area contributed by atoms with Gasteiger partial charge in [0.25, 0.3) is 0 Å². The maximum atomic E-state index is 11.1. The largest absolute Gasteiger partial charge is 0.351 e. The Bertz CT molecular complexity index is 209. The molecule has 56 valence electrons. The minimum Gasteiger partial charge on any atom is -0.351 e. The number of rotatable bonds is 0. The molecule has 4 heteroatoms. The van der Waals surface area contributed by atoms with E-state index >= 15 is 0 Å². The summed E-state index contributed by atoms with van der Waals surface area (Å²) in [6, 6.07) is 0.106. The standard InChI is InChI=1S/C6H7Br2NO/c7-3-1-2-4(8)5(3)9-6(2)10/h2-5H,1H2,(H,9,10)/t2-,3-,4+,5+/m0/s1/i1T/t1?,2-,3-,4+,5+. The molecule has 1 saturated carbocycles. The Balaban J connectivity index is 2.30. The van der Waals surface area contributed by atoms with Crippen LogP contribution >= 0.6 is 31.9 Å². The minimum atomic E-state index is -0.293. The molecule has 5 atom stereocenters. The van der Waals surface area contributed by atoms with Crippen molar-refractivity contribution in [3.63, 3.8) is 0 Å². The lowest BCUT2D eigenvalue weighted by atomic mass is 10.1. The number of amides is 1. The van der Waals surface area contributed by atoms with E-state index in [0.29, 0.717) is 0 Å². The molecule has 10 heavy (non-hydrogen) atoms. The quantitative estimate of drug-likeness (QED) is 0.655. The Kier molecular flexibility index (Phi) is 1.32. The smallest absolute Gasteiger partial charge is 0.224 e. The van der Waals surface area contributed by atoms with Gasteiger partial charge in [0.2, 0.25) is 5.91 Å². The second-order valence-corrected chi connectivity index (χ2v) is 4.76. The van der Waals surface area contributed by atoms with Gasteiger partial charge >= 0.3 is 0 Å². The molecule has 0 aromatic carbocycles.